The van der Waals surface area contributed by atoms with E-state index in [9.17, 15) is 0 Å². The van der Waals surface area contributed by atoms with Crippen LogP contribution in [-0.4, -0.2) is 17.2 Å². The van der Waals surface area contributed by atoms with E-state index in [-0.39, 0.29) is 0 Å². The zero-order chi connectivity index (χ0) is 14.1. The van der Waals surface area contributed by atoms with E-state index in [0.717, 1.165) is 27.8 Å². The molecule has 5 heteroatoms. The van der Waals surface area contributed by atoms with E-state index in [1.807, 2.05) is 43.4 Å². The smallest absolute Gasteiger partial charge is 0.156 e. The summed E-state index contributed by atoms with van der Waals surface area (Å²) in [4.78, 5) is 0. The van der Waals surface area contributed by atoms with Crippen LogP contribution in [0.2, 0.25) is 10.0 Å². The van der Waals surface area contributed by atoms with Crippen LogP contribution in [0.4, 0.5) is 5.82 Å². The minimum absolute atomic E-state index is 0.492. The summed E-state index contributed by atoms with van der Waals surface area (Å²) in [6.45, 7) is 0. The van der Waals surface area contributed by atoms with Crippen molar-refractivity contribution >= 4 is 39.8 Å². The van der Waals surface area contributed by atoms with Gasteiger partial charge in [-0.15, -0.1) is 10.2 Å². The Morgan fingerprint density at radius 1 is 0.900 bits per heavy atom. The Morgan fingerprint density at radius 3 is 2.40 bits per heavy atom. The Bertz CT molecular complexity index is 787. The fourth-order valence-electron chi connectivity index (χ4n) is 2.17. The Balaban J connectivity index is 2.35. The van der Waals surface area contributed by atoms with Crippen molar-refractivity contribution in [2.75, 3.05) is 12.4 Å². The molecule has 0 atom stereocenters. The lowest BCUT2D eigenvalue weighted by Gasteiger charge is -2.10. The van der Waals surface area contributed by atoms with Crippen molar-refractivity contribution in [3.05, 3.63) is 52.5 Å². The molecular weight excluding hydrogens is 293 g/mol. The van der Waals surface area contributed by atoms with Gasteiger partial charge in [-0.05, 0) is 6.07 Å². The third-order valence-electron chi connectivity index (χ3n) is 3.13. The minimum atomic E-state index is 0.492. The molecule has 1 N–H and O–H groups in total. The lowest BCUT2D eigenvalue weighted by atomic mass is 10.0. The lowest BCUT2D eigenvalue weighted by Crippen LogP contribution is -1.98. The number of benzene rings is 2. The predicted molar refractivity (Wildman–Crippen MR) is 84.5 cm³/mol. The first kappa shape index (κ1) is 13.2. The van der Waals surface area contributed by atoms with E-state index in [1.54, 1.807) is 6.07 Å². The van der Waals surface area contributed by atoms with Crippen molar-refractivity contribution in [3.8, 4) is 11.3 Å². The highest BCUT2D eigenvalue weighted by Crippen LogP contribution is 2.36. The van der Waals surface area contributed by atoms with Crippen LogP contribution in [0.25, 0.3) is 22.0 Å². The second kappa shape index (κ2) is 5.27. The molecule has 0 unspecified atom stereocenters. The largest absolute Gasteiger partial charge is 0.371 e. The fraction of sp³-hybridized carbons (Fsp3) is 0.0667. The molecule has 1 heterocycles. The van der Waals surface area contributed by atoms with Gasteiger partial charge in [0, 0.05) is 23.4 Å². The highest BCUT2D eigenvalue weighted by molar-refractivity contribution is 6.43. The van der Waals surface area contributed by atoms with Gasteiger partial charge in [0.2, 0.25) is 0 Å². The van der Waals surface area contributed by atoms with Gasteiger partial charge in [-0.2, -0.15) is 0 Å². The van der Waals surface area contributed by atoms with Crippen molar-refractivity contribution in [2.24, 2.45) is 0 Å². The standard InChI is InChI=1S/C15H11Cl2N3/c1-18-15-10-6-3-2-5-9(10)14(19-20-15)11-7-4-8-12(16)13(11)17/h2-8H,1H3,(H,18,20). The first-order valence-electron chi connectivity index (χ1n) is 6.10. The molecule has 0 saturated carbocycles. The summed E-state index contributed by atoms with van der Waals surface area (Å²) >= 11 is 12.4. The summed E-state index contributed by atoms with van der Waals surface area (Å²) in [5.41, 5.74) is 1.51. The fourth-order valence-corrected chi connectivity index (χ4v) is 2.56. The Hall–Kier alpha value is -1.84. The topological polar surface area (TPSA) is 37.8 Å². The maximum Gasteiger partial charge on any atom is 0.156 e. The van der Waals surface area contributed by atoms with E-state index in [2.05, 4.69) is 15.5 Å². The molecular formula is C15H11Cl2N3. The van der Waals surface area contributed by atoms with Crippen LogP contribution >= 0.6 is 23.2 Å². The zero-order valence-corrected chi connectivity index (χ0v) is 12.2. The molecule has 3 nitrogen and oxygen atoms in total. The Kier molecular flexibility index (Phi) is 3.47. The van der Waals surface area contributed by atoms with Gasteiger partial charge in [0.05, 0.1) is 10.0 Å². The average molecular weight is 304 g/mol. The molecule has 100 valence electrons. The lowest BCUT2D eigenvalue weighted by molar-refractivity contribution is 1.06. The van der Waals surface area contributed by atoms with Crippen LogP contribution in [0.3, 0.4) is 0 Å². The van der Waals surface area contributed by atoms with Gasteiger partial charge in [0.15, 0.2) is 5.82 Å². The normalized spacial score (nSPS) is 10.8. The molecule has 0 fully saturated rings. The Morgan fingerprint density at radius 2 is 1.65 bits per heavy atom. The summed E-state index contributed by atoms with van der Waals surface area (Å²) in [5, 5.41) is 14.5. The van der Waals surface area contributed by atoms with E-state index >= 15 is 0 Å². The van der Waals surface area contributed by atoms with Gasteiger partial charge in [-0.1, -0.05) is 59.6 Å². The molecule has 0 saturated heterocycles. The van der Waals surface area contributed by atoms with Gasteiger partial charge in [-0.25, -0.2) is 0 Å². The van der Waals surface area contributed by atoms with Crippen molar-refractivity contribution in [3.63, 3.8) is 0 Å². The minimum Gasteiger partial charge on any atom is -0.371 e. The van der Waals surface area contributed by atoms with Crippen LogP contribution in [0.5, 0.6) is 0 Å². The van der Waals surface area contributed by atoms with Crippen LogP contribution in [-0.2, 0) is 0 Å². The molecule has 3 aromatic rings. The summed E-state index contributed by atoms with van der Waals surface area (Å²) in [6, 6.07) is 13.4. The van der Waals surface area contributed by atoms with Crippen LogP contribution < -0.4 is 5.32 Å². The molecule has 0 radical (unpaired) electrons. The van der Waals surface area contributed by atoms with Crippen molar-refractivity contribution in [1.29, 1.82) is 0 Å². The number of fused-ring (bicyclic) bond motifs is 1. The monoisotopic (exact) mass is 303 g/mol. The molecule has 0 spiro atoms. The highest BCUT2D eigenvalue weighted by Gasteiger charge is 2.13. The predicted octanol–water partition coefficient (Wildman–Crippen LogP) is 4.65. The van der Waals surface area contributed by atoms with Crippen LogP contribution in [0.15, 0.2) is 42.5 Å². The second-order valence-electron chi connectivity index (χ2n) is 4.29. The SMILES string of the molecule is CNc1nnc(-c2cccc(Cl)c2Cl)c2ccccc12. The first-order chi connectivity index (χ1) is 9.72. The van der Waals surface area contributed by atoms with Crippen molar-refractivity contribution in [2.45, 2.75) is 0 Å². The summed E-state index contributed by atoms with van der Waals surface area (Å²) < 4.78 is 0. The van der Waals surface area contributed by atoms with E-state index < -0.39 is 0 Å². The van der Waals surface area contributed by atoms with Gasteiger partial charge in [0.1, 0.15) is 5.69 Å². The average Bonchev–Trinajstić information content (AvgIpc) is 2.49. The van der Waals surface area contributed by atoms with Crippen molar-refractivity contribution in [1.82, 2.24) is 10.2 Å². The number of aromatic nitrogens is 2. The third-order valence-corrected chi connectivity index (χ3v) is 3.95. The molecule has 3 rings (SSSR count). The summed E-state index contributed by atoms with van der Waals surface area (Å²) in [5.74, 6) is 0.738. The number of nitrogens with zero attached hydrogens (tertiary/aromatic N) is 2. The molecule has 20 heavy (non-hydrogen) atoms. The van der Waals surface area contributed by atoms with Gasteiger partial charge in [-0.3, -0.25) is 0 Å². The maximum absolute atomic E-state index is 6.29. The molecule has 0 aliphatic rings. The van der Waals surface area contributed by atoms with Gasteiger partial charge >= 0.3 is 0 Å². The Labute approximate surface area is 126 Å². The van der Waals surface area contributed by atoms with E-state index in [0.29, 0.717) is 10.0 Å². The number of anilines is 1. The molecule has 0 aliphatic heterocycles. The van der Waals surface area contributed by atoms with Crippen LogP contribution in [0.1, 0.15) is 0 Å². The van der Waals surface area contributed by atoms with E-state index in [4.69, 9.17) is 23.2 Å². The van der Waals surface area contributed by atoms with E-state index in [1.165, 1.54) is 0 Å². The number of halogens is 2. The molecule has 0 amide bonds. The molecule has 1 aromatic heterocycles. The number of hydrogen-bond donors (Lipinski definition) is 1. The summed E-state index contributed by atoms with van der Waals surface area (Å²) in [6.07, 6.45) is 0. The summed E-state index contributed by atoms with van der Waals surface area (Å²) in [7, 11) is 1.82. The first-order valence-corrected chi connectivity index (χ1v) is 6.85. The molecule has 0 bridgehead atoms. The maximum atomic E-state index is 6.29. The highest BCUT2D eigenvalue weighted by atomic mass is 35.5. The van der Waals surface area contributed by atoms with Gasteiger partial charge in [0.25, 0.3) is 0 Å². The molecule has 2 aromatic carbocycles. The van der Waals surface area contributed by atoms with Crippen LogP contribution in [0, 0.1) is 0 Å². The third kappa shape index (κ3) is 2.09. The molecule has 0 aliphatic carbocycles. The zero-order valence-electron chi connectivity index (χ0n) is 10.7. The quantitative estimate of drug-likeness (QED) is 0.749. The number of rotatable bonds is 2. The number of nitrogens with one attached hydrogen (secondary N) is 1. The number of hydrogen-bond acceptors (Lipinski definition) is 3. The van der Waals surface area contributed by atoms with Gasteiger partial charge < -0.3 is 5.32 Å². The van der Waals surface area contributed by atoms with Crippen molar-refractivity contribution < 1.29 is 0 Å². The second-order valence-corrected chi connectivity index (χ2v) is 5.08.